The topological polar surface area (TPSA) is 66.9 Å². The van der Waals surface area contributed by atoms with Crippen molar-refractivity contribution >= 4 is 11.7 Å². The van der Waals surface area contributed by atoms with E-state index in [4.69, 9.17) is 0 Å². The molecule has 3 rings (SSSR count). The van der Waals surface area contributed by atoms with Crippen molar-refractivity contribution in [1.82, 2.24) is 15.3 Å². The number of nitrogens with zero attached hydrogens (tertiary/aromatic N) is 2. The number of amides is 1. The molecule has 5 heteroatoms. The Morgan fingerprint density at radius 2 is 1.55 bits per heavy atom. The Balaban J connectivity index is 1.59. The number of hydrogen-bond donors (Lipinski definition) is 2. The minimum absolute atomic E-state index is 0.0711. The average Bonchev–Trinajstić information content (AvgIpc) is 2.90. The number of aromatic nitrogens is 2. The predicted octanol–water partition coefficient (Wildman–Crippen LogP) is 3.28. The minimum atomic E-state index is -0.0711. The van der Waals surface area contributed by atoms with Gasteiger partial charge in [0.15, 0.2) is 0 Å². The van der Waals surface area contributed by atoms with E-state index in [2.05, 4.69) is 20.6 Å². The van der Waals surface area contributed by atoms with Crippen molar-refractivity contribution in [3.05, 3.63) is 18.1 Å². The normalized spacial score (nSPS) is 20.5. The van der Waals surface area contributed by atoms with E-state index in [-0.39, 0.29) is 5.91 Å². The zero-order valence-corrected chi connectivity index (χ0v) is 13.2. The quantitative estimate of drug-likeness (QED) is 0.838. The Kier molecular flexibility index (Phi) is 5.24. The maximum atomic E-state index is 12.3. The van der Waals surface area contributed by atoms with Gasteiger partial charge in [0.25, 0.3) is 5.91 Å². The van der Waals surface area contributed by atoms with Gasteiger partial charge in [-0.25, -0.2) is 9.97 Å². The zero-order valence-electron chi connectivity index (χ0n) is 13.2. The Hall–Kier alpha value is -1.65. The van der Waals surface area contributed by atoms with Crippen LogP contribution in [0.25, 0.3) is 0 Å². The van der Waals surface area contributed by atoms with Crippen molar-refractivity contribution in [3.63, 3.8) is 0 Å². The van der Waals surface area contributed by atoms with Gasteiger partial charge in [-0.1, -0.05) is 38.5 Å². The monoisotopic (exact) mass is 302 g/mol. The van der Waals surface area contributed by atoms with E-state index in [9.17, 15) is 4.79 Å². The van der Waals surface area contributed by atoms with Crippen LogP contribution in [0.2, 0.25) is 0 Å². The van der Waals surface area contributed by atoms with Gasteiger partial charge in [0.05, 0.1) is 0 Å². The first-order valence-electron chi connectivity index (χ1n) is 8.71. The van der Waals surface area contributed by atoms with Crippen LogP contribution in [0.3, 0.4) is 0 Å². The molecule has 1 amide bonds. The predicted molar refractivity (Wildman–Crippen MR) is 86.9 cm³/mol. The van der Waals surface area contributed by atoms with Gasteiger partial charge in [-0.3, -0.25) is 4.79 Å². The standard InChI is InChI=1S/C17H26N4O/c22-17(21-14-9-5-6-10-14)15-11-16(19-12-18-15)20-13-7-3-1-2-4-8-13/h11-14H,1-10H2,(H,21,22)(H,18,19,20). The van der Waals surface area contributed by atoms with Gasteiger partial charge in [0.2, 0.25) is 0 Å². The Labute approximate surface area is 132 Å². The summed E-state index contributed by atoms with van der Waals surface area (Å²) in [6.45, 7) is 0. The van der Waals surface area contributed by atoms with Crippen LogP contribution < -0.4 is 10.6 Å². The fourth-order valence-electron chi connectivity index (χ4n) is 3.52. The lowest BCUT2D eigenvalue weighted by Gasteiger charge is -2.17. The van der Waals surface area contributed by atoms with Gasteiger partial charge in [0, 0.05) is 18.2 Å². The van der Waals surface area contributed by atoms with E-state index in [1.54, 1.807) is 6.07 Å². The largest absolute Gasteiger partial charge is 0.367 e. The number of hydrogen-bond acceptors (Lipinski definition) is 4. The zero-order chi connectivity index (χ0) is 15.2. The summed E-state index contributed by atoms with van der Waals surface area (Å²) in [4.78, 5) is 20.7. The molecule has 1 heterocycles. The molecule has 2 aliphatic carbocycles. The van der Waals surface area contributed by atoms with Crippen molar-refractivity contribution in [2.75, 3.05) is 5.32 Å². The third-order valence-electron chi connectivity index (χ3n) is 4.80. The first-order valence-corrected chi connectivity index (χ1v) is 8.71. The van der Waals surface area contributed by atoms with Crippen molar-refractivity contribution in [1.29, 1.82) is 0 Å². The molecule has 2 saturated carbocycles. The molecule has 2 aliphatic rings. The molecule has 0 unspecified atom stereocenters. The second-order valence-corrected chi connectivity index (χ2v) is 6.58. The van der Waals surface area contributed by atoms with Crippen LogP contribution in [0.4, 0.5) is 5.82 Å². The maximum Gasteiger partial charge on any atom is 0.270 e. The van der Waals surface area contributed by atoms with Crippen LogP contribution in [0.1, 0.15) is 74.7 Å². The highest BCUT2D eigenvalue weighted by molar-refractivity contribution is 5.93. The molecule has 0 aliphatic heterocycles. The first-order chi connectivity index (χ1) is 10.8. The molecular formula is C17H26N4O. The summed E-state index contributed by atoms with van der Waals surface area (Å²) in [6.07, 6.45) is 13.7. The Morgan fingerprint density at radius 3 is 2.27 bits per heavy atom. The molecule has 2 fully saturated rings. The second-order valence-electron chi connectivity index (χ2n) is 6.58. The van der Waals surface area contributed by atoms with Gasteiger partial charge < -0.3 is 10.6 Å². The van der Waals surface area contributed by atoms with E-state index >= 15 is 0 Å². The van der Waals surface area contributed by atoms with E-state index in [1.165, 1.54) is 57.7 Å². The smallest absolute Gasteiger partial charge is 0.270 e. The number of carbonyl (C=O) groups excluding carboxylic acids is 1. The molecule has 0 atom stereocenters. The molecule has 22 heavy (non-hydrogen) atoms. The van der Waals surface area contributed by atoms with E-state index in [1.807, 2.05) is 0 Å². The van der Waals surface area contributed by atoms with E-state index in [0.717, 1.165) is 18.7 Å². The Morgan fingerprint density at radius 1 is 0.909 bits per heavy atom. The summed E-state index contributed by atoms with van der Waals surface area (Å²) in [7, 11) is 0. The molecule has 1 aromatic heterocycles. The lowest BCUT2D eigenvalue weighted by Crippen LogP contribution is -2.33. The van der Waals surface area contributed by atoms with Crippen molar-refractivity contribution in [3.8, 4) is 0 Å². The average molecular weight is 302 g/mol. The summed E-state index contributed by atoms with van der Waals surface area (Å²) >= 11 is 0. The second kappa shape index (κ2) is 7.56. The van der Waals surface area contributed by atoms with Crippen LogP contribution in [0.5, 0.6) is 0 Å². The molecule has 0 radical (unpaired) electrons. The van der Waals surface area contributed by atoms with Gasteiger partial charge >= 0.3 is 0 Å². The molecular weight excluding hydrogens is 276 g/mol. The van der Waals surface area contributed by atoms with Gasteiger partial charge in [-0.15, -0.1) is 0 Å². The highest BCUT2D eigenvalue weighted by Crippen LogP contribution is 2.21. The SMILES string of the molecule is O=C(NC1CCCC1)c1cc(NC2CCCCCC2)ncn1. The van der Waals surface area contributed by atoms with Gasteiger partial charge in [-0.2, -0.15) is 0 Å². The highest BCUT2D eigenvalue weighted by atomic mass is 16.1. The number of anilines is 1. The molecule has 2 N–H and O–H groups in total. The summed E-state index contributed by atoms with van der Waals surface area (Å²) < 4.78 is 0. The molecule has 120 valence electrons. The fourth-order valence-corrected chi connectivity index (χ4v) is 3.52. The first kappa shape index (κ1) is 15.3. The summed E-state index contributed by atoms with van der Waals surface area (Å²) in [5.74, 6) is 0.705. The molecule has 0 bridgehead atoms. The minimum Gasteiger partial charge on any atom is -0.367 e. The third kappa shape index (κ3) is 4.18. The van der Waals surface area contributed by atoms with Crippen LogP contribution in [-0.4, -0.2) is 28.0 Å². The van der Waals surface area contributed by atoms with Gasteiger partial charge in [0.1, 0.15) is 17.8 Å². The van der Waals surface area contributed by atoms with E-state index < -0.39 is 0 Å². The molecule has 1 aromatic rings. The van der Waals surface area contributed by atoms with E-state index in [0.29, 0.717) is 17.8 Å². The summed E-state index contributed by atoms with van der Waals surface area (Å²) in [6, 6.07) is 2.58. The highest BCUT2D eigenvalue weighted by Gasteiger charge is 2.19. The lowest BCUT2D eigenvalue weighted by molar-refractivity contribution is 0.0932. The maximum absolute atomic E-state index is 12.3. The molecule has 0 saturated heterocycles. The molecule has 0 aromatic carbocycles. The molecule has 0 spiro atoms. The summed E-state index contributed by atoms with van der Waals surface area (Å²) in [5.41, 5.74) is 0.470. The van der Waals surface area contributed by atoms with Crippen LogP contribution in [0, 0.1) is 0 Å². The summed E-state index contributed by atoms with van der Waals surface area (Å²) in [5, 5.41) is 6.56. The van der Waals surface area contributed by atoms with Gasteiger partial charge in [-0.05, 0) is 25.7 Å². The molecule has 5 nitrogen and oxygen atoms in total. The van der Waals surface area contributed by atoms with Crippen molar-refractivity contribution in [2.45, 2.75) is 76.3 Å². The van der Waals surface area contributed by atoms with Crippen molar-refractivity contribution < 1.29 is 4.79 Å². The number of nitrogens with one attached hydrogen (secondary N) is 2. The van der Waals surface area contributed by atoms with Crippen LogP contribution in [-0.2, 0) is 0 Å². The number of rotatable bonds is 4. The number of carbonyl (C=O) groups is 1. The fraction of sp³-hybridized carbons (Fsp3) is 0.706. The van der Waals surface area contributed by atoms with Crippen LogP contribution in [0.15, 0.2) is 12.4 Å². The van der Waals surface area contributed by atoms with Crippen molar-refractivity contribution in [2.24, 2.45) is 0 Å². The third-order valence-corrected chi connectivity index (χ3v) is 4.80. The van der Waals surface area contributed by atoms with Crippen LogP contribution >= 0.6 is 0 Å². The Bertz CT molecular complexity index is 491. The lowest BCUT2D eigenvalue weighted by atomic mass is 10.1.